The van der Waals surface area contributed by atoms with Gasteiger partial charge in [0.2, 0.25) is 5.91 Å². The van der Waals surface area contributed by atoms with Gasteiger partial charge in [0.05, 0.1) is 11.5 Å². The molecule has 0 saturated carbocycles. The second kappa shape index (κ2) is 6.25. The highest BCUT2D eigenvalue weighted by molar-refractivity contribution is 7.99. The van der Waals surface area contributed by atoms with Gasteiger partial charge in [-0.25, -0.2) is 8.42 Å². The van der Waals surface area contributed by atoms with Crippen molar-refractivity contribution in [2.75, 3.05) is 36.1 Å². The van der Waals surface area contributed by atoms with Crippen LogP contribution in [0.4, 0.5) is 0 Å². The maximum absolute atomic E-state index is 11.7. The topological polar surface area (TPSA) is 75.3 Å². The molecule has 2 atom stereocenters. The van der Waals surface area contributed by atoms with Crippen LogP contribution in [0.3, 0.4) is 0 Å². The van der Waals surface area contributed by atoms with E-state index in [1.54, 1.807) is 0 Å². The van der Waals surface area contributed by atoms with Gasteiger partial charge in [-0.15, -0.1) is 0 Å². The molecule has 2 N–H and O–H groups in total. The fraction of sp³-hybridized carbons (Fsp3) is 0.909. The number of nitrogens with one attached hydrogen (secondary N) is 2. The minimum Gasteiger partial charge on any atom is -0.356 e. The lowest BCUT2D eigenvalue weighted by Gasteiger charge is -2.22. The average Bonchev–Trinajstić information content (AvgIpc) is 2.68. The Bertz CT molecular complexity index is 391. The van der Waals surface area contributed by atoms with Crippen molar-refractivity contribution in [3.05, 3.63) is 0 Å². The van der Waals surface area contributed by atoms with E-state index in [1.165, 1.54) is 0 Å². The molecule has 2 aliphatic rings. The summed E-state index contributed by atoms with van der Waals surface area (Å²) in [4.78, 5) is 11.7. The number of hydrogen-bond donors (Lipinski definition) is 2. The molecule has 0 radical (unpaired) electrons. The summed E-state index contributed by atoms with van der Waals surface area (Å²) in [5.41, 5.74) is 0. The van der Waals surface area contributed by atoms with E-state index in [9.17, 15) is 13.2 Å². The Balaban J connectivity index is 1.65. The molecule has 1 amide bonds. The van der Waals surface area contributed by atoms with Crippen LogP contribution in [0, 0.1) is 5.92 Å². The SMILES string of the molecule is O=C(CC1CSCCN1)NCC1CCS(=O)(=O)C1. The van der Waals surface area contributed by atoms with Gasteiger partial charge in [-0.2, -0.15) is 11.8 Å². The van der Waals surface area contributed by atoms with Gasteiger partial charge in [-0.3, -0.25) is 4.79 Å². The number of carbonyl (C=O) groups is 1. The normalized spacial score (nSPS) is 31.1. The fourth-order valence-corrected chi connectivity index (χ4v) is 5.15. The maximum atomic E-state index is 11.7. The van der Waals surface area contributed by atoms with E-state index in [-0.39, 0.29) is 29.4 Å². The van der Waals surface area contributed by atoms with E-state index >= 15 is 0 Å². The highest BCUT2D eigenvalue weighted by atomic mass is 32.2. The summed E-state index contributed by atoms with van der Waals surface area (Å²) in [6.07, 6.45) is 1.17. The first-order valence-corrected chi connectivity index (χ1v) is 9.31. The quantitative estimate of drug-likeness (QED) is 0.740. The van der Waals surface area contributed by atoms with E-state index in [0.29, 0.717) is 19.4 Å². The minimum absolute atomic E-state index is 0.0271. The van der Waals surface area contributed by atoms with Gasteiger partial charge in [-0.1, -0.05) is 0 Å². The number of rotatable bonds is 4. The Morgan fingerprint density at radius 2 is 2.28 bits per heavy atom. The first-order chi connectivity index (χ1) is 8.55. The van der Waals surface area contributed by atoms with Crippen LogP contribution in [-0.2, 0) is 14.6 Å². The van der Waals surface area contributed by atoms with E-state index in [2.05, 4.69) is 10.6 Å². The van der Waals surface area contributed by atoms with E-state index in [1.807, 2.05) is 11.8 Å². The molecule has 2 fully saturated rings. The highest BCUT2D eigenvalue weighted by Crippen LogP contribution is 2.17. The zero-order chi connectivity index (χ0) is 13.0. The molecule has 5 nitrogen and oxygen atoms in total. The predicted octanol–water partition coefficient (Wildman–Crippen LogP) is -0.368. The third-order valence-corrected chi connectivity index (χ3v) is 6.31. The van der Waals surface area contributed by atoms with Crippen LogP contribution in [0.5, 0.6) is 0 Å². The van der Waals surface area contributed by atoms with Gasteiger partial charge in [0, 0.05) is 37.1 Å². The van der Waals surface area contributed by atoms with Crippen LogP contribution in [0.2, 0.25) is 0 Å². The van der Waals surface area contributed by atoms with Gasteiger partial charge in [-0.05, 0) is 12.3 Å². The fourth-order valence-electron chi connectivity index (χ4n) is 2.34. The van der Waals surface area contributed by atoms with Gasteiger partial charge in [0.1, 0.15) is 0 Å². The number of carbonyl (C=O) groups excluding carboxylic acids is 1. The van der Waals surface area contributed by atoms with Crippen molar-refractivity contribution < 1.29 is 13.2 Å². The maximum Gasteiger partial charge on any atom is 0.221 e. The molecule has 104 valence electrons. The summed E-state index contributed by atoms with van der Waals surface area (Å²) in [5, 5.41) is 6.17. The Kier molecular flexibility index (Phi) is 4.91. The van der Waals surface area contributed by atoms with E-state index in [0.717, 1.165) is 18.1 Å². The van der Waals surface area contributed by atoms with Crippen LogP contribution in [-0.4, -0.2) is 56.5 Å². The molecule has 7 heteroatoms. The van der Waals surface area contributed by atoms with E-state index < -0.39 is 9.84 Å². The number of sulfone groups is 1. The lowest BCUT2D eigenvalue weighted by Crippen LogP contribution is -2.42. The van der Waals surface area contributed by atoms with Crippen LogP contribution in [0.15, 0.2) is 0 Å². The molecule has 2 saturated heterocycles. The van der Waals surface area contributed by atoms with Crippen molar-refractivity contribution in [2.45, 2.75) is 18.9 Å². The molecule has 0 aliphatic carbocycles. The zero-order valence-electron chi connectivity index (χ0n) is 10.4. The lowest BCUT2D eigenvalue weighted by atomic mass is 10.1. The predicted molar refractivity (Wildman–Crippen MR) is 73.5 cm³/mol. The second-order valence-corrected chi connectivity index (χ2v) is 8.38. The Morgan fingerprint density at radius 1 is 1.44 bits per heavy atom. The molecular weight excluding hydrogens is 272 g/mol. The molecule has 0 spiro atoms. The first-order valence-electron chi connectivity index (χ1n) is 6.33. The summed E-state index contributed by atoms with van der Waals surface area (Å²) in [6.45, 7) is 1.46. The summed E-state index contributed by atoms with van der Waals surface area (Å²) in [7, 11) is -2.84. The number of hydrogen-bond acceptors (Lipinski definition) is 5. The van der Waals surface area contributed by atoms with Crippen molar-refractivity contribution in [1.29, 1.82) is 0 Å². The van der Waals surface area contributed by atoms with Crippen LogP contribution in [0.25, 0.3) is 0 Å². The molecule has 0 bridgehead atoms. The molecule has 0 aromatic heterocycles. The average molecular weight is 292 g/mol. The summed E-state index contributed by atoms with van der Waals surface area (Å²) in [6, 6.07) is 0.260. The monoisotopic (exact) mass is 292 g/mol. The standard InChI is InChI=1S/C11H20N2O3S2/c14-11(5-10-7-17-3-2-12-10)13-6-9-1-4-18(15,16)8-9/h9-10,12H,1-8H2,(H,13,14). The van der Waals surface area contributed by atoms with E-state index in [4.69, 9.17) is 0 Å². The molecule has 18 heavy (non-hydrogen) atoms. The second-order valence-electron chi connectivity index (χ2n) is 5.00. The van der Waals surface area contributed by atoms with Crippen molar-refractivity contribution in [3.8, 4) is 0 Å². The first kappa shape index (κ1) is 14.1. The number of amides is 1. The molecular formula is C11H20N2O3S2. The molecule has 0 aromatic carbocycles. The van der Waals surface area contributed by atoms with Crippen molar-refractivity contribution >= 4 is 27.5 Å². The molecule has 2 heterocycles. The van der Waals surface area contributed by atoms with Gasteiger partial charge in [0.15, 0.2) is 9.84 Å². The van der Waals surface area contributed by atoms with Crippen LogP contribution >= 0.6 is 11.8 Å². The van der Waals surface area contributed by atoms with Gasteiger partial charge < -0.3 is 10.6 Å². The van der Waals surface area contributed by atoms with Crippen molar-refractivity contribution in [3.63, 3.8) is 0 Å². The molecule has 2 aliphatic heterocycles. The van der Waals surface area contributed by atoms with Crippen LogP contribution in [0.1, 0.15) is 12.8 Å². The lowest BCUT2D eigenvalue weighted by molar-refractivity contribution is -0.121. The summed E-state index contributed by atoms with van der Waals surface area (Å²) < 4.78 is 22.6. The summed E-state index contributed by atoms with van der Waals surface area (Å²) in [5.74, 6) is 2.72. The Labute approximate surface area is 112 Å². The zero-order valence-corrected chi connectivity index (χ0v) is 12.0. The van der Waals surface area contributed by atoms with Crippen molar-refractivity contribution in [1.82, 2.24) is 10.6 Å². The molecule has 0 aromatic rings. The highest BCUT2D eigenvalue weighted by Gasteiger charge is 2.28. The third-order valence-electron chi connectivity index (χ3n) is 3.34. The van der Waals surface area contributed by atoms with Gasteiger partial charge >= 0.3 is 0 Å². The Hall–Kier alpha value is -0.270. The third kappa shape index (κ3) is 4.44. The minimum atomic E-state index is -2.84. The van der Waals surface area contributed by atoms with Gasteiger partial charge in [0.25, 0.3) is 0 Å². The molecule has 2 rings (SSSR count). The summed E-state index contributed by atoms with van der Waals surface area (Å²) >= 11 is 1.87. The van der Waals surface area contributed by atoms with Crippen molar-refractivity contribution in [2.24, 2.45) is 5.92 Å². The van der Waals surface area contributed by atoms with Crippen LogP contribution < -0.4 is 10.6 Å². The molecule has 2 unspecified atom stereocenters. The smallest absolute Gasteiger partial charge is 0.221 e. The number of thioether (sulfide) groups is 1. The Morgan fingerprint density at radius 3 is 2.89 bits per heavy atom. The largest absolute Gasteiger partial charge is 0.356 e.